The Morgan fingerprint density at radius 1 is 1.20 bits per heavy atom. The highest BCUT2D eigenvalue weighted by atomic mass is 79.9. The summed E-state index contributed by atoms with van der Waals surface area (Å²) in [6, 6.07) is 15.2. The molecule has 0 saturated heterocycles. The molecule has 1 amide bonds. The van der Waals surface area contributed by atoms with Crippen molar-refractivity contribution in [2.45, 2.75) is 0 Å². The van der Waals surface area contributed by atoms with E-state index < -0.39 is 0 Å². The summed E-state index contributed by atoms with van der Waals surface area (Å²) < 4.78 is 0.840. The van der Waals surface area contributed by atoms with E-state index in [0.29, 0.717) is 5.56 Å². The molecule has 0 unspecified atom stereocenters. The van der Waals surface area contributed by atoms with E-state index in [9.17, 15) is 10.1 Å². The third kappa shape index (κ3) is 2.15. The molecule has 5 heteroatoms. The number of hydrogen-bond acceptors (Lipinski definition) is 3. The van der Waals surface area contributed by atoms with Crippen LogP contribution in [0.1, 0.15) is 5.56 Å². The summed E-state index contributed by atoms with van der Waals surface area (Å²) in [7, 11) is 0. The van der Waals surface area contributed by atoms with Gasteiger partial charge in [0.15, 0.2) is 0 Å². The number of hydrogen-bond donors (Lipinski definition) is 1. The standard InChI is InChI=1S/C15H10BrN3O/c16-11-5-6-13(10(7-11)8-17)19-9-15(20)18-12-3-1-2-4-14(12)19/h1-7H,9H2,(H,18,20). The third-order valence-corrected chi connectivity index (χ3v) is 3.63. The van der Waals surface area contributed by atoms with Crippen LogP contribution >= 0.6 is 15.9 Å². The number of halogens is 1. The van der Waals surface area contributed by atoms with E-state index in [1.165, 1.54) is 0 Å². The maximum Gasteiger partial charge on any atom is 0.244 e. The number of nitrogens with one attached hydrogen (secondary N) is 1. The van der Waals surface area contributed by atoms with Crippen LogP contribution in [0.4, 0.5) is 17.1 Å². The van der Waals surface area contributed by atoms with Crippen LogP contribution in [0.3, 0.4) is 0 Å². The molecule has 0 aromatic heterocycles. The predicted octanol–water partition coefficient (Wildman–Crippen LogP) is 3.41. The van der Waals surface area contributed by atoms with Crippen molar-refractivity contribution >= 4 is 38.9 Å². The summed E-state index contributed by atoms with van der Waals surface area (Å²) in [5, 5.41) is 12.1. The second-order valence-corrected chi connectivity index (χ2v) is 5.34. The Hall–Kier alpha value is -2.32. The monoisotopic (exact) mass is 327 g/mol. The molecule has 0 radical (unpaired) electrons. The van der Waals surface area contributed by atoms with Crippen LogP contribution in [-0.4, -0.2) is 12.5 Å². The quantitative estimate of drug-likeness (QED) is 0.873. The van der Waals surface area contributed by atoms with Gasteiger partial charge in [-0.05, 0) is 30.3 Å². The van der Waals surface area contributed by atoms with Crippen LogP contribution in [0.15, 0.2) is 46.9 Å². The van der Waals surface area contributed by atoms with Gasteiger partial charge < -0.3 is 10.2 Å². The van der Waals surface area contributed by atoms with Crippen molar-refractivity contribution < 1.29 is 4.79 Å². The minimum absolute atomic E-state index is 0.0875. The van der Waals surface area contributed by atoms with E-state index in [0.717, 1.165) is 21.5 Å². The molecule has 1 aliphatic rings. The van der Waals surface area contributed by atoms with E-state index in [1.807, 2.05) is 41.3 Å². The molecule has 20 heavy (non-hydrogen) atoms. The summed E-state index contributed by atoms with van der Waals surface area (Å²) in [5.74, 6) is -0.0875. The van der Waals surface area contributed by atoms with Crippen molar-refractivity contribution in [1.82, 2.24) is 0 Å². The molecule has 1 heterocycles. The third-order valence-electron chi connectivity index (χ3n) is 3.14. The zero-order valence-corrected chi connectivity index (χ0v) is 12.0. The van der Waals surface area contributed by atoms with Gasteiger partial charge in [0.05, 0.1) is 22.6 Å². The lowest BCUT2D eigenvalue weighted by atomic mass is 10.1. The average molecular weight is 328 g/mol. The first kappa shape index (κ1) is 12.7. The summed E-state index contributed by atoms with van der Waals surface area (Å²) >= 11 is 3.36. The highest BCUT2D eigenvalue weighted by Crippen LogP contribution is 2.36. The van der Waals surface area contributed by atoms with Gasteiger partial charge >= 0.3 is 0 Å². The number of para-hydroxylation sites is 2. The van der Waals surface area contributed by atoms with Gasteiger partial charge in [-0.3, -0.25) is 4.79 Å². The number of fused-ring (bicyclic) bond motifs is 1. The fourth-order valence-electron chi connectivity index (χ4n) is 2.28. The molecule has 1 aliphatic heterocycles. The SMILES string of the molecule is N#Cc1cc(Br)ccc1N1CC(=O)Nc2ccccc21. The predicted molar refractivity (Wildman–Crippen MR) is 80.9 cm³/mol. The average Bonchev–Trinajstić information content (AvgIpc) is 2.46. The van der Waals surface area contributed by atoms with Crippen LogP contribution in [0.5, 0.6) is 0 Å². The van der Waals surface area contributed by atoms with Gasteiger partial charge in [-0.15, -0.1) is 0 Å². The molecule has 1 N–H and O–H groups in total. The van der Waals surface area contributed by atoms with Crippen molar-refractivity contribution in [3.05, 3.63) is 52.5 Å². The lowest BCUT2D eigenvalue weighted by Crippen LogP contribution is -2.35. The first-order valence-corrected chi connectivity index (χ1v) is 6.84. The molecule has 0 saturated carbocycles. The summed E-state index contributed by atoms with van der Waals surface area (Å²) in [6.07, 6.45) is 0. The lowest BCUT2D eigenvalue weighted by molar-refractivity contribution is -0.115. The highest BCUT2D eigenvalue weighted by molar-refractivity contribution is 9.10. The molecule has 0 bridgehead atoms. The van der Waals surface area contributed by atoms with Gasteiger partial charge in [0.1, 0.15) is 12.6 Å². The molecular weight excluding hydrogens is 318 g/mol. The van der Waals surface area contributed by atoms with Crippen LogP contribution < -0.4 is 10.2 Å². The van der Waals surface area contributed by atoms with Crippen LogP contribution in [0.25, 0.3) is 0 Å². The number of nitrogens with zero attached hydrogens (tertiary/aromatic N) is 2. The van der Waals surface area contributed by atoms with Crippen molar-refractivity contribution in [3.8, 4) is 6.07 Å². The number of amides is 1. The molecule has 0 fully saturated rings. The largest absolute Gasteiger partial charge is 0.329 e. The molecule has 2 aromatic rings. The van der Waals surface area contributed by atoms with E-state index in [4.69, 9.17) is 0 Å². The van der Waals surface area contributed by atoms with Gasteiger partial charge in [-0.25, -0.2) is 0 Å². The zero-order valence-electron chi connectivity index (χ0n) is 10.4. The smallest absolute Gasteiger partial charge is 0.244 e. The summed E-state index contributed by atoms with van der Waals surface area (Å²) in [5.41, 5.74) is 2.92. The summed E-state index contributed by atoms with van der Waals surface area (Å²) in [4.78, 5) is 13.7. The van der Waals surface area contributed by atoms with Gasteiger partial charge in [0, 0.05) is 4.47 Å². The number of carbonyl (C=O) groups is 1. The van der Waals surface area contributed by atoms with E-state index in [-0.39, 0.29) is 12.5 Å². The van der Waals surface area contributed by atoms with Gasteiger partial charge in [0.2, 0.25) is 5.91 Å². The topological polar surface area (TPSA) is 56.1 Å². The number of benzene rings is 2. The number of nitriles is 1. The minimum Gasteiger partial charge on any atom is -0.329 e. The molecular formula is C15H10BrN3O. The van der Waals surface area contributed by atoms with Gasteiger partial charge in [-0.1, -0.05) is 28.1 Å². The molecule has 0 aliphatic carbocycles. The van der Waals surface area contributed by atoms with Gasteiger partial charge in [-0.2, -0.15) is 5.26 Å². The molecule has 4 nitrogen and oxygen atoms in total. The molecule has 0 atom stereocenters. The Morgan fingerprint density at radius 3 is 2.80 bits per heavy atom. The number of rotatable bonds is 1. The van der Waals surface area contributed by atoms with Gasteiger partial charge in [0.25, 0.3) is 0 Å². The van der Waals surface area contributed by atoms with Crippen molar-refractivity contribution in [3.63, 3.8) is 0 Å². The van der Waals surface area contributed by atoms with Crippen LogP contribution in [0, 0.1) is 11.3 Å². The second-order valence-electron chi connectivity index (χ2n) is 4.42. The maximum atomic E-state index is 11.8. The molecule has 0 spiro atoms. The molecule has 3 rings (SSSR count). The first-order valence-electron chi connectivity index (χ1n) is 6.05. The fourth-order valence-corrected chi connectivity index (χ4v) is 2.64. The minimum atomic E-state index is -0.0875. The first-order chi connectivity index (χ1) is 9.69. The molecule has 98 valence electrons. The lowest BCUT2D eigenvalue weighted by Gasteiger charge is -2.31. The maximum absolute atomic E-state index is 11.8. The fraction of sp³-hybridized carbons (Fsp3) is 0.0667. The number of carbonyl (C=O) groups excluding carboxylic acids is 1. The second kappa shape index (κ2) is 4.99. The highest BCUT2D eigenvalue weighted by Gasteiger charge is 2.24. The Morgan fingerprint density at radius 2 is 2.00 bits per heavy atom. The van der Waals surface area contributed by atoms with Crippen molar-refractivity contribution in [2.24, 2.45) is 0 Å². The van der Waals surface area contributed by atoms with Crippen molar-refractivity contribution in [1.29, 1.82) is 5.26 Å². The Balaban J connectivity index is 2.16. The summed E-state index contributed by atoms with van der Waals surface area (Å²) in [6.45, 7) is 0.202. The van der Waals surface area contributed by atoms with Crippen LogP contribution in [0.2, 0.25) is 0 Å². The van der Waals surface area contributed by atoms with E-state index in [1.54, 1.807) is 6.07 Å². The van der Waals surface area contributed by atoms with E-state index in [2.05, 4.69) is 27.3 Å². The Kier molecular flexibility index (Phi) is 3.17. The Bertz CT molecular complexity index is 736. The zero-order chi connectivity index (χ0) is 14.1. The van der Waals surface area contributed by atoms with E-state index >= 15 is 0 Å². The molecule has 2 aromatic carbocycles. The van der Waals surface area contributed by atoms with Crippen molar-refractivity contribution in [2.75, 3.05) is 16.8 Å². The number of anilines is 3. The normalized spacial score (nSPS) is 13.4. The van der Waals surface area contributed by atoms with Crippen LogP contribution in [-0.2, 0) is 4.79 Å². The Labute approximate surface area is 124 Å².